The normalized spacial score (nSPS) is 10.4. The largest absolute Gasteiger partial charge is 0.489 e. The van der Waals surface area contributed by atoms with Crippen LogP contribution < -0.4 is 10.1 Å². The van der Waals surface area contributed by atoms with E-state index in [-0.39, 0.29) is 5.82 Å². The SMILES string of the molecule is CCC(=S)Nc1c(F)cccc1COc1ccc(CC)cc1C. The molecule has 0 aliphatic heterocycles. The molecule has 0 atom stereocenters. The molecule has 2 nitrogen and oxygen atoms in total. The van der Waals surface area contributed by atoms with Crippen LogP contribution in [0, 0.1) is 12.7 Å². The van der Waals surface area contributed by atoms with E-state index in [1.54, 1.807) is 6.07 Å². The predicted octanol–water partition coefficient (Wildman–Crippen LogP) is 5.42. The molecular weight excluding hydrogens is 309 g/mol. The van der Waals surface area contributed by atoms with Gasteiger partial charge in [-0.25, -0.2) is 4.39 Å². The van der Waals surface area contributed by atoms with E-state index in [1.165, 1.54) is 11.6 Å². The third-order valence-electron chi connectivity index (χ3n) is 3.72. The number of halogens is 1. The Morgan fingerprint density at radius 1 is 1.22 bits per heavy atom. The highest BCUT2D eigenvalue weighted by atomic mass is 32.1. The molecule has 2 aromatic rings. The Balaban J connectivity index is 2.17. The molecule has 2 aromatic carbocycles. The van der Waals surface area contributed by atoms with Crippen molar-refractivity contribution >= 4 is 22.9 Å². The highest BCUT2D eigenvalue weighted by Crippen LogP contribution is 2.25. The Labute approximate surface area is 142 Å². The van der Waals surface area contributed by atoms with Gasteiger partial charge < -0.3 is 10.1 Å². The first-order chi connectivity index (χ1) is 11.0. The van der Waals surface area contributed by atoms with Crippen molar-refractivity contribution in [3.05, 3.63) is 58.9 Å². The number of anilines is 1. The molecular formula is C19H22FNOS. The standard InChI is InChI=1S/C19H22FNOS/c1-4-14-9-10-17(13(3)11-14)22-12-15-7-6-8-16(20)19(15)21-18(23)5-2/h6-11H,4-5,12H2,1-3H3,(H,21,23). The van der Waals surface area contributed by atoms with Gasteiger partial charge >= 0.3 is 0 Å². The lowest BCUT2D eigenvalue weighted by Gasteiger charge is -2.15. The number of hydrogen-bond acceptors (Lipinski definition) is 2. The first-order valence-corrected chi connectivity index (χ1v) is 8.25. The van der Waals surface area contributed by atoms with Gasteiger partial charge in [0.2, 0.25) is 0 Å². The van der Waals surface area contributed by atoms with Gasteiger partial charge in [0.25, 0.3) is 0 Å². The molecule has 0 bridgehead atoms. The van der Waals surface area contributed by atoms with E-state index < -0.39 is 0 Å². The van der Waals surface area contributed by atoms with Gasteiger partial charge in [0.15, 0.2) is 0 Å². The van der Waals surface area contributed by atoms with Gasteiger partial charge in [0.05, 0.1) is 10.7 Å². The summed E-state index contributed by atoms with van der Waals surface area (Å²) in [5.74, 6) is 0.496. The average Bonchev–Trinajstić information content (AvgIpc) is 2.56. The summed E-state index contributed by atoms with van der Waals surface area (Å²) in [5.41, 5.74) is 3.51. The van der Waals surface area contributed by atoms with Crippen LogP contribution in [0.4, 0.5) is 10.1 Å². The van der Waals surface area contributed by atoms with Crippen molar-refractivity contribution in [1.29, 1.82) is 0 Å². The molecule has 1 N–H and O–H groups in total. The summed E-state index contributed by atoms with van der Waals surface area (Å²) in [5, 5.41) is 2.97. The zero-order valence-corrected chi connectivity index (χ0v) is 14.6. The maximum atomic E-state index is 14.1. The first kappa shape index (κ1) is 17.4. The van der Waals surface area contributed by atoms with Crippen molar-refractivity contribution in [2.24, 2.45) is 0 Å². The maximum absolute atomic E-state index is 14.1. The third kappa shape index (κ3) is 4.52. The molecule has 0 fully saturated rings. The molecule has 0 spiro atoms. The lowest BCUT2D eigenvalue weighted by atomic mass is 10.1. The van der Waals surface area contributed by atoms with Crippen LogP contribution in [0.15, 0.2) is 36.4 Å². The van der Waals surface area contributed by atoms with Crippen molar-refractivity contribution in [2.45, 2.75) is 40.2 Å². The van der Waals surface area contributed by atoms with Gasteiger partial charge in [-0.3, -0.25) is 0 Å². The fraction of sp³-hybridized carbons (Fsp3) is 0.316. The number of hydrogen-bond donors (Lipinski definition) is 1. The molecule has 23 heavy (non-hydrogen) atoms. The zero-order chi connectivity index (χ0) is 16.8. The van der Waals surface area contributed by atoms with Gasteiger partial charge in [-0.1, -0.05) is 50.3 Å². The minimum absolute atomic E-state index is 0.290. The van der Waals surface area contributed by atoms with E-state index >= 15 is 0 Å². The second-order valence-electron chi connectivity index (χ2n) is 5.42. The number of para-hydroxylation sites is 1. The Hall–Kier alpha value is -1.94. The van der Waals surface area contributed by atoms with Crippen molar-refractivity contribution in [3.8, 4) is 5.75 Å². The van der Waals surface area contributed by atoms with E-state index in [9.17, 15) is 4.39 Å². The number of benzene rings is 2. The molecule has 0 amide bonds. The summed E-state index contributed by atoms with van der Waals surface area (Å²) >= 11 is 5.16. The van der Waals surface area contributed by atoms with Crippen molar-refractivity contribution in [1.82, 2.24) is 0 Å². The quantitative estimate of drug-likeness (QED) is 0.714. The Morgan fingerprint density at radius 2 is 2.00 bits per heavy atom. The van der Waals surface area contributed by atoms with Crippen molar-refractivity contribution < 1.29 is 9.13 Å². The number of thiocarbonyl (C=S) groups is 1. The van der Waals surface area contributed by atoms with Crippen LogP contribution in [-0.2, 0) is 13.0 Å². The van der Waals surface area contributed by atoms with Crippen LogP contribution in [-0.4, -0.2) is 4.99 Å². The highest BCUT2D eigenvalue weighted by molar-refractivity contribution is 7.80. The summed E-state index contributed by atoms with van der Waals surface area (Å²) in [6.45, 7) is 6.37. The van der Waals surface area contributed by atoms with E-state index in [2.05, 4.69) is 24.4 Å². The number of nitrogens with one attached hydrogen (secondary N) is 1. The number of ether oxygens (including phenoxy) is 1. The maximum Gasteiger partial charge on any atom is 0.147 e. The van der Waals surface area contributed by atoms with Crippen LogP contribution in [0.25, 0.3) is 0 Å². The molecule has 4 heteroatoms. The van der Waals surface area contributed by atoms with Gasteiger partial charge in [-0.15, -0.1) is 0 Å². The molecule has 0 heterocycles. The highest BCUT2D eigenvalue weighted by Gasteiger charge is 2.11. The third-order valence-corrected chi connectivity index (χ3v) is 4.11. The van der Waals surface area contributed by atoms with Gasteiger partial charge in [0.1, 0.15) is 18.2 Å². The molecule has 0 aliphatic rings. The Kier molecular flexibility index (Phi) is 6.11. The van der Waals surface area contributed by atoms with Crippen LogP contribution >= 0.6 is 12.2 Å². The van der Waals surface area contributed by atoms with Crippen LogP contribution in [0.2, 0.25) is 0 Å². The van der Waals surface area contributed by atoms with E-state index in [1.807, 2.05) is 26.0 Å². The molecule has 0 saturated carbocycles. The zero-order valence-electron chi connectivity index (χ0n) is 13.8. The minimum atomic E-state index is -0.319. The molecule has 0 aromatic heterocycles. The Morgan fingerprint density at radius 3 is 2.65 bits per heavy atom. The second-order valence-corrected chi connectivity index (χ2v) is 5.91. The topological polar surface area (TPSA) is 21.3 Å². The van der Waals surface area contributed by atoms with E-state index in [4.69, 9.17) is 17.0 Å². The van der Waals surface area contributed by atoms with Crippen LogP contribution in [0.1, 0.15) is 37.0 Å². The van der Waals surface area contributed by atoms with E-state index in [0.29, 0.717) is 23.7 Å². The van der Waals surface area contributed by atoms with Crippen molar-refractivity contribution in [2.75, 3.05) is 5.32 Å². The summed E-state index contributed by atoms with van der Waals surface area (Å²) in [6.07, 6.45) is 1.66. The molecule has 0 radical (unpaired) electrons. The van der Waals surface area contributed by atoms with E-state index in [0.717, 1.165) is 23.3 Å². The Bertz CT molecular complexity index is 700. The smallest absolute Gasteiger partial charge is 0.147 e. The second kappa shape index (κ2) is 8.06. The molecule has 0 aliphatic carbocycles. The lowest BCUT2D eigenvalue weighted by molar-refractivity contribution is 0.304. The molecule has 2 rings (SSSR count). The minimum Gasteiger partial charge on any atom is -0.489 e. The van der Waals surface area contributed by atoms with Crippen molar-refractivity contribution in [3.63, 3.8) is 0 Å². The fourth-order valence-electron chi connectivity index (χ4n) is 2.31. The summed E-state index contributed by atoms with van der Waals surface area (Å²) in [4.78, 5) is 0.611. The summed E-state index contributed by atoms with van der Waals surface area (Å²) < 4.78 is 20.0. The first-order valence-electron chi connectivity index (χ1n) is 7.84. The summed E-state index contributed by atoms with van der Waals surface area (Å²) in [7, 11) is 0. The average molecular weight is 331 g/mol. The van der Waals surface area contributed by atoms with Crippen LogP contribution in [0.5, 0.6) is 5.75 Å². The molecule has 0 unspecified atom stereocenters. The molecule has 122 valence electrons. The fourth-order valence-corrected chi connectivity index (χ4v) is 2.41. The predicted molar refractivity (Wildman–Crippen MR) is 97.8 cm³/mol. The number of aryl methyl sites for hydroxylation is 2. The lowest BCUT2D eigenvalue weighted by Crippen LogP contribution is -2.12. The summed E-state index contributed by atoms with van der Waals surface area (Å²) in [6, 6.07) is 11.1. The van der Waals surface area contributed by atoms with Gasteiger partial charge in [-0.2, -0.15) is 0 Å². The number of rotatable bonds is 6. The van der Waals surface area contributed by atoms with Gasteiger partial charge in [0, 0.05) is 5.56 Å². The monoisotopic (exact) mass is 331 g/mol. The van der Waals surface area contributed by atoms with Crippen LogP contribution in [0.3, 0.4) is 0 Å². The van der Waals surface area contributed by atoms with Gasteiger partial charge in [-0.05, 0) is 43.0 Å². The molecule has 0 saturated heterocycles.